The van der Waals surface area contributed by atoms with Crippen LogP contribution in [0.15, 0.2) is 11.4 Å². The molecule has 0 unspecified atom stereocenters. The van der Waals surface area contributed by atoms with E-state index in [-0.39, 0.29) is 36.7 Å². The van der Waals surface area contributed by atoms with E-state index in [2.05, 4.69) is 20.4 Å². The van der Waals surface area contributed by atoms with Gasteiger partial charge in [0.05, 0.1) is 12.0 Å². The van der Waals surface area contributed by atoms with Gasteiger partial charge in [-0.25, -0.2) is 0 Å². The number of anilines is 1. The molecule has 1 N–H and O–H groups in total. The normalized spacial score (nSPS) is 20.3. The third-order valence-corrected chi connectivity index (χ3v) is 8.69. The van der Waals surface area contributed by atoms with Crippen LogP contribution in [0.4, 0.5) is 18.3 Å². The summed E-state index contributed by atoms with van der Waals surface area (Å²) in [5.74, 6) is -2.76. The summed E-state index contributed by atoms with van der Waals surface area (Å²) >= 11 is 2.55. The quantitative estimate of drug-likeness (QED) is 0.410. The Bertz CT molecular complexity index is 1220. The number of amides is 2. The fraction of sp³-hybridized carbons (Fsp3) is 0.654. The van der Waals surface area contributed by atoms with E-state index in [1.807, 2.05) is 20.8 Å². The molecular weight excluding hydrogens is 567 g/mol. The SMILES string of the molecule is Cc1nnc(NC(=O)c2csc([C@@H]3C[C@H]3N(CC3CCN(CCC(=O)OC(C)(C)C)CC3)C(=O)C(F)(F)F)c2)s1. The zero-order valence-corrected chi connectivity index (χ0v) is 24.5. The molecule has 9 nitrogen and oxygen atoms in total. The summed E-state index contributed by atoms with van der Waals surface area (Å²) in [6.45, 7) is 9.07. The van der Waals surface area contributed by atoms with Gasteiger partial charge in [-0.05, 0) is 72.0 Å². The number of aromatic nitrogens is 2. The van der Waals surface area contributed by atoms with E-state index in [9.17, 15) is 27.6 Å². The lowest BCUT2D eigenvalue weighted by molar-refractivity contribution is -0.187. The first-order valence-electron chi connectivity index (χ1n) is 13.2. The van der Waals surface area contributed by atoms with Crippen LogP contribution < -0.4 is 5.32 Å². The highest BCUT2D eigenvalue weighted by Gasteiger charge is 2.52. The van der Waals surface area contributed by atoms with E-state index in [0.29, 0.717) is 54.6 Å². The van der Waals surface area contributed by atoms with E-state index in [0.717, 1.165) is 9.78 Å². The van der Waals surface area contributed by atoms with Gasteiger partial charge >= 0.3 is 18.1 Å². The van der Waals surface area contributed by atoms with Crippen LogP contribution in [0.3, 0.4) is 0 Å². The molecule has 1 saturated heterocycles. The summed E-state index contributed by atoms with van der Waals surface area (Å²) in [6, 6.07) is 1.12. The number of hydrogen-bond acceptors (Lipinski definition) is 9. The summed E-state index contributed by atoms with van der Waals surface area (Å²) in [7, 11) is 0. The van der Waals surface area contributed by atoms with E-state index >= 15 is 0 Å². The molecule has 2 fully saturated rings. The number of aryl methyl sites for hydroxylation is 1. The van der Waals surface area contributed by atoms with Gasteiger partial charge in [-0.15, -0.1) is 21.5 Å². The van der Waals surface area contributed by atoms with Crippen molar-refractivity contribution in [1.29, 1.82) is 0 Å². The number of nitrogens with zero attached hydrogens (tertiary/aromatic N) is 4. The minimum atomic E-state index is -4.96. The Morgan fingerprint density at radius 1 is 1.18 bits per heavy atom. The number of rotatable bonds is 9. The Balaban J connectivity index is 1.32. The predicted octanol–water partition coefficient (Wildman–Crippen LogP) is 4.85. The average Bonchev–Trinajstić information content (AvgIpc) is 3.28. The number of nitrogens with one attached hydrogen (secondary N) is 1. The topological polar surface area (TPSA) is 105 Å². The molecule has 14 heteroatoms. The second kappa shape index (κ2) is 12.1. The molecule has 0 bridgehead atoms. The first-order chi connectivity index (χ1) is 18.7. The average molecular weight is 602 g/mol. The molecule has 2 amide bonds. The molecule has 0 radical (unpaired) electrons. The van der Waals surface area contributed by atoms with Crippen molar-refractivity contribution in [2.24, 2.45) is 5.92 Å². The third-order valence-electron chi connectivity index (χ3n) is 6.87. The molecule has 4 rings (SSSR count). The fourth-order valence-corrected chi connectivity index (χ4v) is 6.51. The van der Waals surface area contributed by atoms with Crippen LogP contribution in [-0.4, -0.2) is 81.8 Å². The lowest BCUT2D eigenvalue weighted by Crippen LogP contribution is -2.47. The van der Waals surface area contributed by atoms with Crippen LogP contribution in [0, 0.1) is 12.8 Å². The van der Waals surface area contributed by atoms with Crippen molar-refractivity contribution in [3.63, 3.8) is 0 Å². The summed E-state index contributed by atoms with van der Waals surface area (Å²) in [5.41, 5.74) is -0.152. The van der Waals surface area contributed by atoms with Gasteiger partial charge in [-0.2, -0.15) is 13.2 Å². The molecule has 1 aliphatic carbocycles. The molecule has 1 aliphatic heterocycles. The Hall–Kier alpha value is -2.58. The molecule has 0 spiro atoms. The maximum atomic E-state index is 13.5. The van der Waals surface area contributed by atoms with E-state index in [4.69, 9.17) is 4.74 Å². The van der Waals surface area contributed by atoms with Crippen LogP contribution >= 0.6 is 22.7 Å². The number of ether oxygens (including phenoxy) is 1. The molecule has 0 aromatic carbocycles. The first kappa shape index (κ1) is 30.4. The Labute approximate surface area is 239 Å². The van der Waals surface area contributed by atoms with Gasteiger partial charge in [0, 0.05) is 35.3 Å². The van der Waals surface area contributed by atoms with Crippen LogP contribution in [0.5, 0.6) is 0 Å². The maximum absolute atomic E-state index is 13.5. The highest BCUT2D eigenvalue weighted by Crippen LogP contribution is 2.48. The van der Waals surface area contributed by atoms with Crippen molar-refractivity contribution in [2.75, 3.05) is 31.5 Å². The van der Waals surface area contributed by atoms with Gasteiger partial charge in [0.25, 0.3) is 5.91 Å². The number of halogens is 3. The maximum Gasteiger partial charge on any atom is 0.471 e. The molecule has 2 aromatic heterocycles. The summed E-state index contributed by atoms with van der Waals surface area (Å²) < 4.78 is 46.0. The summed E-state index contributed by atoms with van der Waals surface area (Å²) in [5, 5.41) is 13.2. The van der Waals surface area contributed by atoms with Gasteiger partial charge in [0.2, 0.25) is 5.13 Å². The van der Waals surface area contributed by atoms with Crippen LogP contribution in [0.25, 0.3) is 0 Å². The number of carbonyl (C=O) groups excluding carboxylic acids is 3. The van der Waals surface area contributed by atoms with Crippen molar-refractivity contribution in [1.82, 2.24) is 20.0 Å². The van der Waals surface area contributed by atoms with Gasteiger partial charge in [-0.3, -0.25) is 19.7 Å². The minimum Gasteiger partial charge on any atom is -0.460 e. The molecule has 2 atom stereocenters. The van der Waals surface area contributed by atoms with Gasteiger partial charge in [0.15, 0.2) is 0 Å². The fourth-order valence-electron chi connectivity index (χ4n) is 4.86. The standard InChI is InChI=1S/C26H34F3N5O4S2/c1-15-31-32-24(40-15)30-22(36)17-11-20(39-14-17)18-12-19(18)34(23(37)26(27,28)29)13-16-5-8-33(9-6-16)10-7-21(35)38-25(2,3)4/h11,14,16,18-19H,5-10,12-13H2,1-4H3,(H,30,32,36)/t18-,19-/m1/s1. The Morgan fingerprint density at radius 3 is 2.48 bits per heavy atom. The number of esters is 1. The second-order valence-electron chi connectivity index (χ2n) is 11.3. The highest BCUT2D eigenvalue weighted by molar-refractivity contribution is 7.15. The number of carbonyl (C=O) groups is 3. The minimum absolute atomic E-state index is 0.0362. The Morgan fingerprint density at radius 2 is 1.88 bits per heavy atom. The number of thiophene rings is 1. The highest BCUT2D eigenvalue weighted by atomic mass is 32.1. The number of likely N-dealkylation sites (tertiary alicyclic amines) is 1. The van der Waals surface area contributed by atoms with Crippen LogP contribution in [0.2, 0.25) is 0 Å². The van der Waals surface area contributed by atoms with Gasteiger partial charge in [0.1, 0.15) is 10.6 Å². The lowest BCUT2D eigenvalue weighted by atomic mass is 9.95. The molecular formula is C26H34F3N5O4S2. The zero-order valence-electron chi connectivity index (χ0n) is 22.9. The van der Waals surface area contributed by atoms with Crippen LogP contribution in [0.1, 0.15) is 72.6 Å². The molecule has 2 aromatic rings. The second-order valence-corrected chi connectivity index (χ2v) is 13.4. The predicted molar refractivity (Wildman–Crippen MR) is 145 cm³/mol. The van der Waals surface area contributed by atoms with Crippen molar-refractivity contribution in [3.05, 3.63) is 26.9 Å². The van der Waals surface area contributed by atoms with Crippen molar-refractivity contribution in [2.45, 2.75) is 77.1 Å². The first-order valence-corrected chi connectivity index (χ1v) is 14.9. The largest absolute Gasteiger partial charge is 0.471 e. The van der Waals surface area contributed by atoms with Gasteiger partial charge < -0.3 is 14.5 Å². The van der Waals surface area contributed by atoms with Crippen LogP contribution in [-0.2, 0) is 14.3 Å². The molecule has 1 saturated carbocycles. The summed E-state index contributed by atoms with van der Waals surface area (Å²) in [4.78, 5) is 40.9. The summed E-state index contributed by atoms with van der Waals surface area (Å²) in [6.07, 6.45) is -3.00. The molecule has 3 heterocycles. The number of hydrogen-bond donors (Lipinski definition) is 1. The van der Waals surface area contributed by atoms with Gasteiger partial charge in [-0.1, -0.05) is 11.3 Å². The van der Waals surface area contributed by atoms with E-state index in [1.54, 1.807) is 18.4 Å². The van der Waals surface area contributed by atoms with Crippen molar-refractivity contribution < 1.29 is 32.3 Å². The molecule has 220 valence electrons. The monoisotopic (exact) mass is 601 g/mol. The van der Waals surface area contributed by atoms with E-state index < -0.39 is 23.7 Å². The third kappa shape index (κ3) is 8.23. The number of piperidine rings is 1. The van der Waals surface area contributed by atoms with Crippen molar-refractivity contribution in [3.8, 4) is 0 Å². The van der Waals surface area contributed by atoms with E-state index in [1.165, 1.54) is 22.7 Å². The zero-order chi connectivity index (χ0) is 29.2. The number of alkyl halides is 3. The lowest BCUT2D eigenvalue weighted by Gasteiger charge is -2.35. The molecule has 40 heavy (non-hydrogen) atoms. The smallest absolute Gasteiger partial charge is 0.460 e. The Kier molecular flexibility index (Phi) is 9.20. The molecule has 2 aliphatic rings. The van der Waals surface area contributed by atoms with Crippen molar-refractivity contribution >= 4 is 45.6 Å².